The zero-order valence-corrected chi connectivity index (χ0v) is 13.0. The van der Waals surface area contributed by atoms with Crippen molar-refractivity contribution < 1.29 is 4.74 Å². The minimum absolute atomic E-state index is 0.196. The van der Waals surface area contributed by atoms with Crippen molar-refractivity contribution in [1.82, 2.24) is 19.5 Å². The molecule has 1 N–H and O–H groups in total. The van der Waals surface area contributed by atoms with Gasteiger partial charge in [-0.05, 0) is 34.6 Å². The number of nitrogens with zero attached hydrogens (tertiary/aromatic N) is 4. The number of morpholine rings is 1. The zero-order valence-electron chi connectivity index (χ0n) is 11.4. The topological polar surface area (TPSA) is 54.7 Å². The van der Waals surface area contributed by atoms with Crippen molar-refractivity contribution in [3.63, 3.8) is 0 Å². The molecular formula is C13H18BrN5O. The molecule has 0 bridgehead atoms. The summed E-state index contributed by atoms with van der Waals surface area (Å²) in [6.07, 6.45) is 2.09. The Balaban J connectivity index is 1.62. The smallest absolute Gasteiger partial charge is 0.243 e. The summed E-state index contributed by atoms with van der Waals surface area (Å²) in [6, 6.07) is 3.88. The number of ether oxygens (including phenoxy) is 1. The largest absolute Gasteiger partial charge is 0.374 e. The van der Waals surface area contributed by atoms with Gasteiger partial charge >= 0.3 is 0 Å². The van der Waals surface area contributed by atoms with Gasteiger partial charge in [0.2, 0.25) is 5.95 Å². The van der Waals surface area contributed by atoms with Gasteiger partial charge < -0.3 is 10.1 Å². The molecule has 108 valence electrons. The fourth-order valence-electron chi connectivity index (χ4n) is 2.33. The van der Waals surface area contributed by atoms with Gasteiger partial charge in [-0.2, -0.15) is 4.98 Å². The van der Waals surface area contributed by atoms with Crippen LogP contribution in [0.5, 0.6) is 0 Å². The lowest BCUT2D eigenvalue weighted by Crippen LogP contribution is -2.45. The molecule has 3 rings (SSSR count). The van der Waals surface area contributed by atoms with Gasteiger partial charge in [0.25, 0.3) is 0 Å². The van der Waals surface area contributed by atoms with E-state index in [1.807, 2.05) is 18.3 Å². The molecule has 2 aromatic heterocycles. The van der Waals surface area contributed by atoms with E-state index in [9.17, 15) is 0 Å². The maximum Gasteiger partial charge on any atom is 0.243 e. The van der Waals surface area contributed by atoms with Crippen LogP contribution in [-0.4, -0.2) is 58.4 Å². The molecule has 0 aliphatic carbocycles. The summed E-state index contributed by atoms with van der Waals surface area (Å²) in [7, 11) is 0. The number of pyridine rings is 1. The third kappa shape index (κ3) is 3.11. The first-order valence-corrected chi connectivity index (χ1v) is 7.63. The van der Waals surface area contributed by atoms with Gasteiger partial charge in [0.05, 0.1) is 12.7 Å². The SMILES string of the molecule is CCN1CCOC(CNc2nc3ccc(Br)cn3n2)C1. The van der Waals surface area contributed by atoms with E-state index in [0.717, 1.165) is 42.9 Å². The summed E-state index contributed by atoms with van der Waals surface area (Å²) in [5, 5.41) is 7.65. The molecule has 1 saturated heterocycles. The van der Waals surface area contributed by atoms with Crippen LogP contribution in [-0.2, 0) is 4.74 Å². The highest BCUT2D eigenvalue weighted by atomic mass is 79.9. The quantitative estimate of drug-likeness (QED) is 0.917. The van der Waals surface area contributed by atoms with Crippen LogP contribution in [0.15, 0.2) is 22.8 Å². The van der Waals surface area contributed by atoms with Crippen LogP contribution < -0.4 is 5.32 Å². The van der Waals surface area contributed by atoms with Gasteiger partial charge in [0.1, 0.15) is 0 Å². The Bertz CT molecular complexity index is 587. The number of hydrogen-bond acceptors (Lipinski definition) is 5. The molecule has 2 aromatic rings. The summed E-state index contributed by atoms with van der Waals surface area (Å²) in [4.78, 5) is 6.82. The Labute approximate surface area is 126 Å². The van der Waals surface area contributed by atoms with Gasteiger partial charge in [-0.25, -0.2) is 4.52 Å². The van der Waals surface area contributed by atoms with E-state index in [1.165, 1.54) is 0 Å². The second kappa shape index (κ2) is 6.07. The monoisotopic (exact) mass is 339 g/mol. The summed E-state index contributed by atoms with van der Waals surface area (Å²) >= 11 is 3.42. The lowest BCUT2D eigenvalue weighted by molar-refractivity contribution is -0.0192. The Hall–Kier alpha value is -1.18. The highest BCUT2D eigenvalue weighted by molar-refractivity contribution is 9.10. The third-order valence-corrected chi connectivity index (χ3v) is 3.92. The molecule has 20 heavy (non-hydrogen) atoms. The number of rotatable bonds is 4. The molecule has 3 heterocycles. The van der Waals surface area contributed by atoms with Crippen LogP contribution >= 0.6 is 15.9 Å². The Morgan fingerprint density at radius 1 is 1.50 bits per heavy atom. The number of aromatic nitrogens is 3. The standard InChI is InChI=1S/C13H18BrN5O/c1-2-18-5-6-20-11(9-18)7-15-13-16-12-4-3-10(14)8-19(12)17-13/h3-4,8,11H,2,5-7,9H2,1H3,(H,15,17). The second-order valence-corrected chi connectivity index (χ2v) is 5.77. The van der Waals surface area contributed by atoms with Crippen molar-refractivity contribution in [3.05, 3.63) is 22.8 Å². The van der Waals surface area contributed by atoms with Crippen LogP contribution in [0.3, 0.4) is 0 Å². The van der Waals surface area contributed by atoms with Crippen LogP contribution in [0.1, 0.15) is 6.92 Å². The molecule has 6 nitrogen and oxygen atoms in total. The molecular weight excluding hydrogens is 322 g/mol. The molecule has 1 fully saturated rings. The third-order valence-electron chi connectivity index (χ3n) is 3.45. The minimum atomic E-state index is 0.196. The van der Waals surface area contributed by atoms with Gasteiger partial charge in [-0.3, -0.25) is 4.90 Å². The maximum absolute atomic E-state index is 5.75. The first kappa shape index (κ1) is 13.8. The van der Waals surface area contributed by atoms with Gasteiger partial charge in [-0.15, -0.1) is 5.10 Å². The molecule has 0 spiro atoms. The van der Waals surface area contributed by atoms with Crippen LogP contribution in [0, 0.1) is 0 Å². The van der Waals surface area contributed by atoms with E-state index in [0.29, 0.717) is 5.95 Å². The molecule has 1 aliphatic rings. The van der Waals surface area contributed by atoms with Crippen LogP contribution in [0.4, 0.5) is 5.95 Å². The summed E-state index contributed by atoms with van der Waals surface area (Å²) in [5.41, 5.74) is 0.829. The van der Waals surface area contributed by atoms with Crippen molar-refractivity contribution in [3.8, 4) is 0 Å². The Morgan fingerprint density at radius 2 is 2.40 bits per heavy atom. The van der Waals surface area contributed by atoms with E-state index in [4.69, 9.17) is 4.74 Å². The van der Waals surface area contributed by atoms with Crippen molar-refractivity contribution in [2.45, 2.75) is 13.0 Å². The Kier molecular flexibility index (Phi) is 4.18. The highest BCUT2D eigenvalue weighted by Crippen LogP contribution is 2.12. The average Bonchev–Trinajstić information content (AvgIpc) is 2.87. The fourth-order valence-corrected chi connectivity index (χ4v) is 2.66. The lowest BCUT2D eigenvalue weighted by atomic mass is 10.2. The molecule has 0 aromatic carbocycles. The normalized spacial score (nSPS) is 20.4. The first-order valence-electron chi connectivity index (χ1n) is 6.84. The van der Waals surface area contributed by atoms with Crippen molar-refractivity contribution in [1.29, 1.82) is 0 Å². The van der Waals surface area contributed by atoms with E-state index in [-0.39, 0.29) is 6.10 Å². The van der Waals surface area contributed by atoms with Gasteiger partial charge in [0.15, 0.2) is 5.65 Å². The predicted molar refractivity (Wildman–Crippen MR) is 81.0 cm³/mol. The lowest BCUT2D eigenvalue weighted by Gasteiger charge is -2.31. The summed E-state index contributed by atoms with van der Waals surface area (Å²) in [5.74, 6) is 0.639. The van der Waals surface area contributed by atoms with E-state index in [1.54, 1.807) is 4.52 Å². The number of anilines is 1. The van der Waals surface area contributed by atoms with Crippen LogP contribution in [0.2, 0.25) is 0 Å². The first-order chi connectivity index (χ1) is 9.74. The Morgan fingerprint density at radius 3 is 3.25 bits per heavy atom. The van der Waals surface area contributed by atoms with E-state index in [2.05, 4.69) is 43.2 Å². The zero-order chi connectivity index (χ0) is 13.9. The number of hydrogen-bond donors (Lipinski definition) is 1. The molecule has 0 saturated carbocycles. The number of likely N-dealkylation sites (N-methyl/N-ethyl adjacent to an activating group) is 1. The van der Waals surface area contributed by atoms with E-state index >= 15 is 0 Å². The number of fused-ring (bicyclic) bond motifs is 1. The number of halogens is 1. The summed E-state index contributed by atoms with van der Waals surface area (Å²) < 4.78 is 8.49. The van der Waals surface area contributed by atoms with Crippen molar-refractivity contribution in [2.24, 2.45) is 0 Å². The molecule has 7 heteroatoms. The molecule has 1 atom stereocenters. The fraction of sp³-hybridized carbons (Fsp3) is 0.538. The van der Waals surface area contributed by atoms with E-state index < -0.39 is 0 Å². The molecule has 1 unspecified atom stereocenters. The predicted octanol–water partition coefficient (Wildman–Crippen LogP) is 1.62. The second-order valence-electron chi connectivity index (χ2n) is 4.85. The van der Waals surface area contributed by atoms with Crippen molar-refractivity contribution >= 4 is 27.5 Å². The van der Waals surface area contributed by atoms with Gasteiger partial charge in [0, 0.05) is 30.3 Å². The molecule has 0 radical (unpaired) electrons. The number of nitrogens with one attached hydrogen (secondary N) is 1. The van der Waals surface area contributed by atoms with Crippen LogP contribution in [0.25, 0.3) is 5.65 Å². The minimum Gasteiger partial charge on any atom is -0.374 e. The average molecular weight is 340 g/mol. The van der Waals surface area contributed by atoms with Crippen molar-refractivity contribution in [2.75, 3.05) is 38.1 Å². The molecule has 1 aliphatic heterocycles. The molecule has 0 amide bonds. The summed E-state index contributed by atoms with van der Waals surface area (Å²) in [6.45, 7) is 6.76. The maximum atomic E-state index is 5.75. The van der Waals surface area contributed by atoms with Gasteiger partial charge in [-0.1, -0.05) is 6.92 Å². The highest BCUT2D eigenvalue weighted by Gasteiger charge is 2.19.